The summed E-state index contributed by atoms with van der Waals surface area (Å²) in [6.45, 7) is 6.38. The van der Waals surface area contributed by atoms with Crippen molar-refractivity contribution in [3.63, 3.8) is 0 Å². The minimum Gasteiger partial charge on any atom is -0.484 e. The Morgan fingerprint density at radius 1 is 1.27 bits per heavy atom. The maximum absolute atomic E-state index is 12.8. The quantitative estimate of drug-likeness (QED) is 0.196. The molecule has 0 radical (unpaired) electrons. The molecule has 2 fully saturated rings. The van der Waals surface area contributed by atoms with Crippen LogP contribution in [0.1, 0.15) is 40.0 Å². The van der Waals surface area contributed by atoms with Crippen molar-refractivity contribution in [2.24, 2.45) is 5.92 Å². The predicted molar refractivity (Wildman–Crippen MR) is 127 cm³/mol. The van der Waals surface area contributed by atoms with E-state index in [2.05, 4.69) is 17.0 Å². The van der Waals surface area contributed by atoms with Gasteiger partial charge in [-0.1, -0.05) is 37.1 Å². The second-order valence-electron chi connectivity index (χ2n) is 8.46. The molecule has 9 heteroatoms. The van der Waals surface area contributed by atoms with Crippen molar-refractivity contribution in [2.75, 3.05) is 19.7 Å². The second kappa shape index (κ2) is 12.1. The monoisotopic (exact) mass is 475 g/mol. The summed E-state index contributed by atoms with van der Waals surface area (Å²) in [6.07, 6.45) is 3.01. The molecule has 33 heavy (non-hydrogen) atoms. The highest BCUT2D eigenvalue weighted by Gasteiger charge is 2.50. The van der Waals surface area contributed by atoms with Gasteiger partial charge < -0.3 is 19.7 Å². The lowest BCUT2D eigenvalue weighted by Crippen LogP contribution is -2.72. The van der Waals surface area contributed by atoms with Crippen LogP contribution in [-0.4, -0.2) is 60.6 Å². The third-order valence-electron chi connectivity index (χ3n) is 5.68. The molecule has 2 amide bonds. The smallest absolute Gasteiger partial charge is 0.325 e. The maximum atomic E-state index is 12.8. The molecule has 1 saturated heterocycles. The molecule has 3 atom stereocenters. The highest BCUT2D eigenvalue weighted by Crippen LogP contribution is 2.34. The summed E-state index contributed by atoms with van der Waals surface area (Å²) >= 11 is 1.43. The van der Waals surface area contributed by atoms with E-state index < -0.39 is 24.0 Å². The van der Waals surface area contributed by atoms with Crippen LogP contribution in [0.4, 0.5) is 0 Å². The number of nitrogens with zero attached hydrogens (tertiary/aromatic N) is 1. The maximum Gasteiger partial charge on any atom is 0.325 e. The number of hydrogen-bond acceptors (Lipinski definition) is 7. The second-order valence-corrected chi connectivity index (χ2v) is 9.22. The highest BCUT2D eigenvalue weighted by molar-refractivity contribution is 8.00. The zero-order valence-corrected chi connectivity index (χ0v) is 20.2. The Labute approximate surface area is 199 Å². The third kappa shape index (κ3) is 7.23. The van der Waals surface area contributed by atoms with Gasteiger partial charge in [0.05, 0.1) is 6.04 Å². The third-order valence-corrected chi connectivity index (χ3v) is 6.54. The van der Waals surface area contributed by atoms with E-state index in [0.717, 1.165) is 31.4 Å². The summed E-state index contributed by atoms with van der Waals surface area (Å²) in [7, 11) is 0. The van der Waals surface area contributed by atoms with E-state index in [1.54, 1.807) is 12.1 Å². The van der Waals surface area contributed by atoms with Crippen LogP contribution < -0.4 is 14.8 Å². The number of β-lactam (4-membered cyclic amide) rings is 1. The van der Waals surface area contributed by atoms with Gasteiger partial charge in [0.15, 0.2) is 6.61 Å². The zero-order chi connectivity index (χ0) is 23.8. The van der Waals surface area contributed by atoms with Crippen LogP contribution in [0.15, 0.2) is 41.3 Å². The molecule has 3 unspecified atom stereocenters. The fourth-order valence-corrected chi connectivity index (χ4v) is 4.40. The van der Waals surface area contributed by atoms with Gasteiger partial charge in [-0.3, -0.25) is 19.1 Å². The van der Waals surface area contributed by atoms with E-state index >= 15 is 0 Å². The average Bonchev–Trinajstić information content (AvgIpc) is 3.65. The van der Waals surface area contributed by atoms with Crippen LogP contribution in [0.3, 0.4) is 0 Å². The van der Waals surface area contributed by atoms with Gasteiger partial charge >= 0.3 is 5.97 Å². The van der Waals surface area contributed by atoms with Crippen LogP contribution in [0.5, 0.6) is 5.75 Å². The average molecular weight is 476 g/mol. The van der Waals surface area contributed by atoms with Gasteiger partial charge in [-0.2, -0.15) is 0 Å². The van der Waals surface area contributed by atoms with E-state index in [9.17, 15) is 14.4 Å². The first-order valence-corrected chi connectivity index (χ1v) is 12.3. The summed E-state index contributed by atoms with van der Waals surface area (Å²) < 4.78 is 14.2. The number of carbonyl (C=O) groups is 3. The van der Waals surface area contributed by atoms with Crippen LogP contribution in [0, 0.1) is 5.92 Å². The molecule has 2 aliphatic rings. The predicted octanol–water partition coefficient (Wildman–Crippen LogP) is 2.65. The Kier molecular flexibility index (Phi) is 9.20. The number of hydrogen-bond donors (Lipinski definition) is 2. The molecule has 1 aliphatic heterocycles. The number of amides is 2. The molecule has 0 bridgehead atoms. The number of likely N-dealkylation sites (tertiary alicyclic amines) is 1. The van der Waals surface area contributed by atoms with E-state index in [1.165, 1.54) is 16.8 Å². The van der Waals surface area contributed by atoms with Crippen molar-refractivity contribution < 1.29 is 23.9 Å². The lowest BCUT2D eigenvalue weighted by Gasteiger charge is -2.47. The van der Waals surface area contributed by atoms with Gasteiger partial charge in [0.1, 0.15) is 24.4 Å². The number of ether oxygens (including phenoxy) is 2. The van der Waals surface area contributed by atoms with E-state index in [1.807, 2.05) is 37.5 Å². The van der Waals surface area contributed by atoms with Crippen LogP contribution in [0.2, 0.25) is 0 Å². The number of para-hydroxylation sites is 1. The minimum absolute atomic E-state index is 0.133. The summed E-state index contributed by atoms with van der Waals surface area (Å²) in [5, 5.41) is 4.68. The summed E-state index contributed by atoms with van der Waals surface area (Å²) in [5.41, 5.74) is 0.875. The van der Waals surface area contributed by atoms with Crippen molar-refractivity contribution >= 4 is 29.7 Å². The van der Waals surface area contributed by atoms with E-state index in [4.69, 9.17) is 9.47 Å². The van der Waals surface area contributed by atoms with E-state index in [0.29, 0.717) is 11.7 Å². The minimum atomic E-state index is -0.742. The largest absolute Gasteiger partial charge is 0.484 e. The molecule has 0 spiro atoms. The van der Waals surface area contributed by atoms with Gasteiger partial charge in [-0.15, -0.1) is 0 Å². The SMILES string of the molecule is CCCNSC=C(C)C1C(NC(=O)COc2ccccc2)C(=O)N1CC(=O)OC(C)C1CC1. The lowest BCUT2D eigenvalue weighted by atomic mass is 9.89. The van der Waals surface area contributed by atoms with Crippen molar-refractivity contribution in [2.45, 2.75) is 58.2 Å². The van der Waals surface area contributed by atoms with Gasteiger partial charge in [0, 0.05) is 6.54 Å². The molecule has 8 nitrogen and oxygen atoms in total. The first-order chi connectivity index (χ1) is 15.9. The zero-order valence-electron chi connectivity index (χ0n) is 19.4. The fourth-order valence-electron chi connectivity index (χ4n) is 3.67. The first-order valence-electron chi connectivity index (χ1n) is 11.4. The topological polar surface area (TPSA) is 97.0 Å². The van der Waals surface area contributed by atoms with Gasteiger partial charge in [-0.05, 0) is 62.1 Å². The molecule has 0 aromatic heterocycles. The number of rotatable bonds is 13. The van der Waals surface area contributed by atoms with Crippen LogP contribution in [0.25, 0.3) is 0 Å². The Morgan fingerprint density at radius 3 is 2.67 bits per heavy atom. The summed E-state index contributed by atoms with van der Waals surface area (Å²) in [6, 6.07) is 7.85. The summed E-state index contributed by atoms with van der Waals surface area (Å²) in [5.74, 6) is -0.113. The van der Waals surface area contributed by atoms with Crippen molar-refractivity contribution in [1.82, 2.24) is 14.9 Å². The lowest BCUT2D eigenvalue weighted by molar-refractivity contribution is -0.163. The number of nitrogens with one attached hydrogen (secondary N) is 2. The fraction of sp³-hybridized carbons (Fsp3) is 0.542. The van der Waals surface area contributed by atoms with Crippen LogP contribution in [-0.2, 0) is 19.1 Å². The first kappa shape index (κ1) is 25.1. The van der Waals surface area contributed by atoms with Gasteiger partial charge in [0.2, 0.25) is 5.91 Å². The van der Waals surface area contributed by atoms with Gasteiger partial charge in [0.25, 0.3) is 5.91 Å². The van der Waals surface area contributed by atoms with Crippen LogP contribution >= 0.6 is 11.9 Å². The summed E-state index contributed by atoms with van der Waals surface area (Å²) in [4.78, 5) is 39.2. The molecule has 3 rings (SSSR count). The van der Waals surface area contributed by atoms with Crippen molar-refractivity contribution in [3.05, 3.63) is 41.3 Å². The van der Waals surface area contributed by atoms with Crippen molar-refractivity contribution in [3.8, 4) is 5.75 Å². The number of carbonyl (C=O) groups excluding carboxylic acids is 3. The number of esters is 1. The Hall–Kier alpha value is -2.52. The highest BCUT2D eigenvalue weighted by atomic mass is 32.2. The number of benzene rings is 1. The molecule has 2 N–H and O–H groups in total. The normalized spacial score (nSPS) is 21.2. The Balaban J connectivity index is 1.60. The van der Waals surface area contributed by atoms with Crippen molar-refractivity contribution in [1.29, 1.82) is 0 Å². The molecule has 1 aromatic rings. The Morgan fingerprint density at radius 2 is 2.00 bits per heavy atom. The molecule has 1 aromatic carbocycles. The van der Waals surface area contributed by atoms with Gasteiger partial charge in [-0.25, -0.2) is 0 Å². The standard InChI is InChI=1S/C24H33N3O5S/c1-4-12-25-33-15-16(2)23-22(26-20(28)14-31-19-8-6-5-7-9-19)24(30)27(23)13-21(29)32-17(3)18-10-11-18/h5-9,15,17-18,22-23,25H,4,10-14H2,1-3H3,(H,26,28). The molecular weight excluding hydrogens is 442 g/mol. The molecule has 1 aliphatic carbocycles. The van der Waals surface area contributed by atoms with E-state index in [-0.39, 0.29) is 25.2 Å². The molecular formula is C24H33N3O5S. The Bertz CT molecular complexity index is 859. The molecule has 1 saturated carbocycles. The molecule has 1 heterocycles. The molecule has 180 valence electrons.